The second-order valence-electron chi connectivity index (χ2n) is 8.22. The number of carbonyl (C=O) groups is 4. The van der Waals surface area contributed by atoms with Gasteiger partial charge in [-0.3, -0.25) is 19.3 Å². The number of carboxylic acids is 1. The number of aliphatic carboxylic acids is 1. The average molecular weight is 431 g/mol. The van der Waals surface area contributed by atoms with Crippen molar-refractivity contribution in [3.05, 3.63) is 71.4 Å². The maximum absolute atomic E-state index is 13.0. The zero-order chi connectivity index (χ0) is 22.4. The predicted octanol–water partition coefficient (Wildman–Crippen LogP) is 2.31. The quantitative estimate of drug-likeness (QED) is 0.603. The fourth-order valence-electron chi connectivity index (χ4n) is 4.88. The van der Waals surface area contributed by atoms with E-state index in [0.29, 0.717) is 12.8 Å². The molecule has 0 unspecified atom stereocenters. The second-order valence-corrected chi connectivity index (χ2v) is 8.22. The third-order valence-electron chi connectivity index (χ3n) is 6.43. The first-order valence-electron chi connectivity index (χ1n) is 10.5. The lowest BCUT2D eigenvalue weighted by Crippen LogP contribution is -2.48. The van der Waals surface area contributed by atoms with E-state index in [1.165, 1.54) is 4.90 Å². The van der Waals surface area contributed by atoms with Crippen LogP contribution in [-0.2, 0) is 16.0 Å². The van der Waals surface area contributed by atoms with Crippen LogP contribution < -0.4 is 0 Å². The summed E-state index contributed by atoms with van der Waals surface area (Å²) in [5.74, 6) is -2.94. The van der Waals surface area contributed by atoms with Crippen molar-refractivity contribution >= 4 is 34.6 Å². The molecule has 0 saturated carbocycles. The van der Waals surface area contributed by atoms with Gasteiger partial charge in [-0.05, 0) is 42.5 Å². The molecule has 3 amide bonds. The second kappa shape index (κ2) is 7.64. The summed E-state index contributed by atoms with van der Waals surface area (Å²) < 4.78 is 0. The minimum atomic E-state index is -1.08. The molecule has 1 aromatic heterocycles. The number of nitrogens with zero attached hydrogens (tertiary/aromatic N) is 2. The van der Waals surface area contributed by atoms with Crippen LogP contribution in [-0.4, -0.2) is 62.7 Å². The summed E-state index contributed by atoms with van der Waals surface area (Å²) in [6, 6.07) is 13.2. The fourth-order valence-corrected chi connectivity index (χ4v) is 4.88. The van der Waals surface area contributed by atoms with Crippen molar-refractivity contribution in [2.75, 3.05) is 13.1 Å². The van der Waals surface area contributed by atoms with Gasteiger partial charge >= 0.3 is 5.97 Å². The van der Waals surface area contributed by atoms with Crippen molar-refractivity contribution in [1.29, 1.82) is 0 Å². The molecule has 1 saturated heterocycles. The molecule has 2 aliphatic heterocycles. The molecule has 162 valence electrons. The molecule has 5 rings (SSSR count). The standard InChI is InChI=1S/C24H21N3O5/c28-20(13-27-22(29)17-6-1-2-7-18(17)23(27)30)26-10-9-14(21(26)24(31)32)11-15-12-25-19-8-4-3-5-16(15)19/h1-8,12,14,21,25H,9-11,13H2,(H,31,32)/t14-,21-/m0/s1. The Kier molecular flexibility index (Phi) is 4.77. The normalized spacial score (nSPS) is 20.2. The molecular weight excluding hydrogens is 410 g/mol. The monoisotopic (exact) mass is 431 g/mol. The number of imide groups is 1. The van der Waals surface area contributed by atoms with Crippen molar-refractivity contribution in [3.63, 3.8) is 0 Å². The number of hydrogen-bond acceptors (Lipinski definition) is 4. The molecule has 2 aromatic carbocycles. The fraction of sp³-hybridized carbons (Fsp3) is 0.250. The lowest BCUT2D eigenvalue weighted by atomic mass is 9.92. The molecule has 0 spiro atoms. The molecule has 2 atom stereocenters. The SMILES string of the molecule is O=C(O)[C@@H]1[C@H](Cc2c[nH]c3ccccc23)CCN1C(=O)CN1C(=O)c2ccccc2C1=O. The molecule has 8 heteroatoms. The van der Waals surface area contributed by atoms with Gasteiger partial charge in [0, 0.05) is 23.6 Å². The minimum Gasteiger partial charge on any atom is -0.480 e. The van der Waals surface area contributed by atoms with Crippen LogP contribution in [0.1, 0.15) is 32.7 Å². The highest BCUT2D eigenvalue weighted by molar-refractivity contribution is 6.22. The number of para-hydroxylation sites is 1. The molecule has 2 aliphatic rings. The van der Waals surface area contributed by atoms with Gasteiger partial charge in [-0.2, -0.15) is 0 Å². The number of rotatable bonds is 5. The van der Waals surface area contributed by atoms with Crippen LogP contribution in [0.2, 0.25) is 0 Å². The molecule has 8 nitrogen and oxygen atoms in total. The molecule has 32 heavy (non-hydrogen) atoms. The van der Waals surface area contributed by atoms with E-state index in [4.69, 9.17) is 0 Å². The molecular formula is C24H21N3O5. The van der Waals surface area contributed by atoms with E-state index >= 15 is 0 Å². The van der Waals surface area contributed by atoms with E-state index in [2.05, 4.69) is 4.98 Å². The number of H-pyrrole nitrogens is 1. The largest absolute Gasteiger partial charge is 0.480 e. The summed E-state index contributed by atoms with van der Waals surface area (Å²) in [6.07, 6.45) is 2.93. The van der Waals surface area contributed by atoms with E-state index in [1.54, 1.807) is 24.3 Å². The van der Waals surface area contributed by atoms with Crippen molar-refractivity contribution in [2.24, 2.45) is 5.92 Å². The Morgan fingerprint density at radius 3 is 2.34 bits per heavy atom. The molecule has 0 radical (unpaired) electrons. The first kappa shape index (κ1) is 20.0. The number of carboxylic acid groups (broad SMARTS) is 1. The van der Waals surface area contributed by atoms with Gasteiger partial charge in [0.2, 0.25) is 5.91 Å². The Hall–Kier alpha value is -3.94. The number of fused-ring (bicyclic) bond motifs is 2. The summed E-state index contributed by atoms with van der Waals surface area (Å²) in [4.78, 5) is 55.7. The summed E-state index contributed by atoms with van der Waals surface area (Å²) >= 11 is 0. The van der Waals surface area contributed by atoms with Gasteiger partial charge in [-0.15, -0.1) is 0 Å². The van der Waals surface area contributed by atoms with E-state index in [9.17, 15) is 24.3 Å². The van der Waals surface area contributed by atoms with E-state index in [1.807, 2.05) is 30.5 Å². The van der Waals surface area contributed by atoms with Crippen LogP contribution in [0.5, 0.6) is 0 Å². The van der Waals surface area contributed by atoms with E-state index in [-0.39, 0.29) is 23.6 Å². The number of aromatic nitrogens is 1. The summed E-state index contributed by atoms with van der Waals surface area (Å²) in [5, 5.41) is 10.9. The zero-order valence-corrected chi connectivity index (χ0v) is 17.2. The Bertz CT molecular complexity index is 1230. The van der Waals surface area contributed by atoms with Crippen LogP contribution in [0, 0.1) is 5.92 Å². The molecule has 3 aromatic rings. The van der Waals surface area contributed by atoms with Crippen molar-refractivity contribution < 1.29 is 24.3 Å². The average Bonchev–Trinajstić information content (AvgIpc) is 3.47. The first-order chi connectivity index (χ1) is 15.5. The van der Waals surface area contributed by atoms with Gasteiger partial charge in [0.15, 0.2) is 0 Å². The zero-order valence-electron chi connectivity index (χ0n) is 17.2. The number of benzene rings is 2. The molecule has 2 N–H and O–H groups in total. The smallest absolute Gasteiger partial charge is 0.326 e. The maximum Gasteiger partial charge on any atom is 0.326 e. The third-order valence-corrected chi connectivity index (χ3v) is 6.43. The predicted molar refractivity (Wildman–Crippen MR) is 115 cm³/mol. The number of carbonyl (C=O) groups excluding carboxylic acids is 3. The summed E-state index contributed by atoms with van der Waals surface area (Å²) in [6.45, 7) is -0.193. The third kappa shape index (κ3) is 3.15. The van der Waals surface area contributed by atoms with Gasteiger partial charge in [-0.1, -0.05) is 30.3 Å². The van der Waals surface area contributed by atoms with Crippen molar-refractivity contribution in [1.82, 2.24) is 14.8 Å². The van der Waals surface area contributed by atoms with E-state index < -0.39 is 36.3 Å². The molecule has 3 heterocycles. The van der Waals surface area contributed by atoms with Crippen LogP contribution in [0.3, 0.4) is 0 Å². The lowest BCUT2D eigenvalue weighted by molar-refractivity contribution is -0.149. The molecule has 1 fully saturated rings. The Labute approximate surface area is 183 Å². The Morgan fingerprint density at radius 2 is 1.66 bits per heavy atom. The lowest BCUT2D eigenvalue weighted by Gasteiger charge is -2.26. The van der Waals surface area contributed by atoms with Gasteiger partial charge in [-0.25, -0.2) is 4.79 Å². The highest BCUT2D eigenvalue weighted by atomic mass is 16.4. The number of nitrogens with one attached hydrogen (secondary N) is 1. The van der Waals surface area contributed by atoms with Crippen molar-refractivity contribution in [2.45, 2.75) is 18.9 Å². The number of likely N-dealkylation sites (tertiary alicyclic amines) is 1. The molecule has 0 aliphatic carbocycles. The minimum absolute atomic E-state index is 0.263. The van der Waals surface area contributed by atoms with E-state index in [0.717, 1.165) is 21.4 Å². The van der Waals surface area contributed by atoms with Gasteiger partial charge in [0.25, 0.3) is 11.8 Å². The topological polar surface area (TPSA) is 111 Å². The number of amides is 3. The van der Waals surface area contributed by atoms with Gasteiger partial charge in [0.05, 0.1) is 11.1 Å². The summed E-state index contributed by atoms with van der Waals surface area (Å²) in [5.41, 5.74) is 2.51. The highest BCUT2D eigenvalue weighted by Gasteiger charge is 2.44. The van der Waals surface area contributed by atoms with Gasteiger partial charge in [0.1, 0.15) is 12.6 Å². The maximum atomic E-state index is 13.0. The Balaban J connectivity index is 1.34. The van der Waals surface area contributed by atoms with Crippen LogP contribution >= 0.6 is 0 Å². The van der Waals surface area contributed by atoms with Crippen LogP contribution in [0.25, 0.3) is 10.9 Å². The van der Waals surface area contributed by atoms with Crippen molar-refractivity contribution in [3.8, 4) is 0 Å². The van der Waals surface area contributed by atoms with Crippen LogP contribution in [0.4, 0.5) is 0 Å². The summed E-state index contributed by atoms with van der Waals surface area (Å²) in [7, 11) is 0. The number of hydrogen-bond donors (Lipinski definition) is 2. The highest BCUT2D eigenvalue weighted by Crippen LogP contribution is 2.31. The first-order valence-corrected chi connectivity index (χ1v) is 10.5. The number of aromatic amines is 1. The van der Waals surface area contributed by atoms with Gasteiger partial charge < -0.3 is 15.0 Å². The molecule has 0 bridgehead atoms. The Morgan fingerprint density at radius 1 is 1.00 bits per heavy atom. The van der Waals surface area contributed by atoms with Crippen LogP contribution in [0.15, 0.2) is 54.7 Å².